The number of carbonyl (C=O) groups excluding carboxylic acids is 2. The Hall–Kier alpha value is -1.12. The van der Waals surface area contributed by atoms with Gasteiger partial charge in [0.05, 0.1) is 7.11 Å². The van der Waals surface area contributed by atoms with Gasteiger partial charge in [0, 0.05) is 0 Å². The van der Waals surface area contributed by atoms with Crippen LogP contribution in [0.4, 0.5) is 0 Å². The number of Topliss-reactive ketones (excluding diaryl/α,β-unsaturated/α-hetero) is 1. The summed E-state index contributed by atoms with van der Waals surface area (Å²) >= 11 is 0. The lowest BCUT2D eigenvalue weighted by atomic mass is 9.95. The monoisotopic (exact) mass is 198 g/mol. The second kappa shape index (κ2) is 6.35. The van der Waals surface area contributed by atoms with Crippen LogP contribution in [0.2, 0.25) is 0 Å². The van der Waals surface area contributed by atoms with E-state index in [2.05, 4.69) is 11.3 Å². The Kier molecular flexibility index (Phi) is 5.84. The topological polar surface area (TPSA) is 43.4 Å². The molecule has 80 valence electrons. The van der Waals surface area contributed by atoms with Gasteiger partial charge in [-0.1, -0.05) is 25.5 Å². The van der Waals surface area contributed by atoms with E-state index in [-0.39, 0.29) is 5.78 Å². The average molecular weight is 198 g/mol. The summed E-state index contributed by atoms with van der Waals surface area (Å²) in [5, 5.41) is 0. The molecule has 0 saturated heterocycles. The molecule has 0 aliphatic heterocycles. The Bertz CT molecular complexity index is 231. The van der Waals surface area contributed by atoms with Crippen molar-refractivity contribution < 1.29 is 14.3 Å². The molecule has 0 aliphatic carbocycles. The smallest absolute Gasteiger partial charge is 0.316 e. The van der Waals surface area contributed by atoms with Gasteiger partial charge in [-0.25, -0.2) is 0 Å². The van der Waals surface area contributed by atoms with Crippen molar-refractivity contribution in [3.05, 3.63) is 12.2 Å². The first-order valence-electron chi connectivity index (χ1n) is 4.77. The number of methoxy groups -OCH3 is 1. The predicted octanol–water partition coefficient (Wildman–Crippen LogP) is 2.11. The van der Waals surface area contributed by atoms with Crippen molar-refractivity contribution >= 4 is 11.8 Å². The van der Waals surface area contributed by atoms with Gasteiger partial charge >= 0.3 is 5.97 Å². The first kappa shape index (κ1) is 12.9. The van der Waals surface area contributed by atoms with Crippen LogP contribution in [0, 0.1) is 5.92 Å². The number of hydrogen-bond donors (Lipinski definition) is 0. The first-order chi connectivity index (χ1) is 6.52. The van der Waals surface area contributed by atoms with E-state index in [0.717, 1.165) is 18.4 Å². The van der Waals surface area contributed by atoms with Crippen molar-refractivity contribution in [3.8, 4) is 0 Å². The molecule has 14 heavy (non-hydrogen) atoms. The van der Waals surface area contributed by atoms with Crippen LogP contribution in [0.5, 0.6) is 0 Å². The molecule has 1 atom stereocenters. The van der Waals surface area contributed by atoms with Crippen LogP contribution in [-0.2, 0) is 14.3 Å². The molecule has 0 N–H and O–H groups in total. The summed E-state index contributed by atoms with van der Waals surface area (Å²) in [7, 11) is 1.29. The molecule has 3 heteroatoms. The molecule has 0 spiro atoms. The normalized spacial score (nSPS) is 11.9. The highest BCUT2D eigenvalue weighted by atomic mass is 16.5. The maximum absolute atomic E-state index is 11.2. The molecule has 0 aliphatic rings. The first-order valence-corrected chi connectivity index (χ1v) is 4.77. The van der Waals surface area contributed by atoms with Gasteiger partial charge in [-0.3, -0.25) is 9.59 Å². The second-order valence-electron chi connectivity index (χ2n) is 3.39. The van der Waals surface area contributed by atoms with Crippen molar-refractivity contribution in [3.63, 3.8) is 0 Å². The molecule has 0 fully saturated rings. The van der Waals surface area contributed by atoms with Crippen molar-refractivity contribution in [1.82, 2.24) is 0 Å². The zero-order chi connectivity index (χ0) is 11.1. The summed E-state index contributed by atoms with van der Waals surface area (Å²) < 4.78 is 4.55. The van der Waals surface area contributed by atoms with E-state index < -0.39 is 11.9 Å². The van der Waals surface area contributed by atoms with Gasteiger partial charge in [0.15, 0.2) is 0 Å². The van der Waals surface area contributed by atoms with Crippen molar-refractivity contribution in [2.75, 3.05) is 7.11 Å². The summed E-state index contributed by atoms with van der Waals surface area (Å²) in [6, 6.07) is 0. The molecule has 3 nitrogen and oxygen atoms in total. The molecule has 0 saturated carbocycles. The third-order valence-electron chi connectivity index (χ3n) is 2.07. The van der Waals surface area contributed by atoms with Gasteiger partial charge in [-0.2, -0.15) is 0 Å². The zero-order valence-corrected chi connectivity index (χ0v) is 9.13. The number of carbonyl (C=O) groups is 2. The number of ether oxygens (including phenoxy) is 1. The average Bonchev–Trinajstić information content (AvgIpc) is 2.13. The van der Waals surface area contributed by atoms with Gasteiger partial charge < -0.3 is 4.74 Å². The maximum Gasteiger partial charge on any atom is 0.316 e. The Morgan fingerprint density at radius 2 is 2.00 bits per heavy atom. The molecule has 0 rings (SSSR count). The molecule has 0 aromatic carbocycles. The van der Waals surface area contributed by atoms with Gasteiger partial charge in [0.1, 0.15) is 11.7 Å². The van der Waals surface area contributed by atoms with Crippen LogP contribution in [0.1, 0.15) is 33.1 Å². The minimum Gasteiger partial charge on any atom is -0.468 e. The van der Waals surface area contributed by atoms with Crippen molar-refractivity contribution in [1.29, 1.82) is 0 Å². The standard InChI is InChI=1S/C11H18O3/c1-5-6-8(2)7-10(9(3)12)11(13)14-4/h10H,2,5-7H2,1,3-4H3. The Morgan fingerprint density at radius 3 is 2.36 bits per heavy atom. The van der Waals surface area contributed by atoms with Crippen molar-refractivity contribution in [2.24, 2.45) is 5.92 Å². The number of rotatable bonds is 6. The van der Waals surface area contributed by atoms with Crippen molar-refractivity contribution in [2.45, 2.75) is 33.1 Å². The van der Waals surface area contributed by atoms with Gasteiger partial charge in [0.25, 0.3) is 0 Å². The minimum absolute atomic E-state index is 0.158. The zero-order valence-electron chi connectivity index (χ0n) is 9.13. The van der Waals surface area contributed by atoms with Crippen LogP contribution in [-0.4, -0.2) is 18.9 Å². The van der Waals surface area contributed by atoms with E-state index in [1.54, 1.807) is 0 Å². The lowest BCUT2D eigenvalue weighted by Crippen LogP contribution is -2.23. The van der Waals surface area contributed by atoms with Crippen LogP contribution in [0.15, 0.2) is 12.2 Å². The quantitative estimate of drug-likeness (QED) is 0.373. The molecular weight excluding hydrogens is 180 g/mol. The molecule has 0 bridgehead atoms. The SMILES string of the molecule is C=C(CCC)CC(C(C)=O)C(=O)OC. The minimum atomic E-state index is -0.668. The molecule has 0 aromatic heterocycles. The van der Waals surface area contributed by atoms with Gasteiger partial charge in [0.2, 0.25) is 0 Å². The summed E-state index contributed by atoms with van der Waals surface area (Å²) in [5.74, 6) is -1.29. The Balaban J connectivity index is 4.31. The summed E-state index contributed by atoms with van der Waals surface area (Å²) in [4.78, 5) is 22.4. The largest absolute Gasteiger partial charge is 0.468 e. The van der Waals surface area contributed by atoms with Crippen LogP contribution in [0.25, 0.3) is 0 Å². The second-order valence-corrected chi connectivity index (χ2v) is 3.39. The van der Waals surface area contributed by atoms with Crippen LogP contribution >= 0.6 is 0 Å². The summed E-state index contributed by atoms with van der Waals surface area (Å²) in [5.41, 5.74) is 0.929. The Labute approximate surface area is 85.1 Å². The highest BCUT2D eigenvalue weighted by Gasteiger charge is 2.24. The van der Waals surface area contributed by atoms with Crippen LogP contribution < -0.4 is 0 Å². The van der Waals surface area contributed by atoms with E-state index in [1.165, 1.54) is 14.0 Å². The third kappa shape index (κ3) is 4.21. The van der Waals surface area contributed by atoms with E-state index in [9.17, 15) is 9.59 Å². The Morgan fingerprint density at radius 1 is 1.43 bits per heavy atom. The molecule has 0 amide bonds. The predicted molar refractivity (Wildman–Crippen MR) is 54.9 cm³/mol. The molecule has 0 aromatic rings. The summed E-state index contributed by atoms with van der Waals surface area (Å²) in [6.45, 7) is 7.26. The van der Waals surface area contributed by atoms with Gasteiger partial charge in [-0.05, 0) is 19.8 Å². The fourth-order valence-electron chi connectivity index (χ4n) is 1.28. The highest BCUT2D eigenvalue weighted by molar-refractivity contribution is 5.97. The number of allylic oxidation sites excluding steroid dienone is 1. The van der Waals surface area contributed by atoms with E-state index in [0.29, 0.717) is 6.42 Å². The fourth-order valence-corrected chi connectivity index (χ4v) is 1.28. The van der Waals surface area contributed by atoms with Gasteiger partial charge in [-0.15, -0.1) is 0 Å². The molecule has 1 unspecified atom stereocenters. The number of ketones is 1. The molecule has 0 heterocycles. The third-order valence-corrected chi connectivity index (χ3v) is 2.07. The number of esters is 1. The lowest BCUT2D eigenvalue weighted by Gasteiger charge is -2.12. The van der Waals surface area contributed by atoms with Crippen LogP contribution in [0.3, 0.4) is 0 Å². The van der Waals surface area contributed by atoms with E-state index >= 15 is 0 Å². The fraction of sp³-hybridized carbons (Fsp3) is 0.636. The van der Waals surface area contributed by atoms with E-state index in [4.69, 9.17) is 0 Å². The molecule has 0 radical (unpaired) electrons. The number of hydrogen-bond acceptors (Lipinski definition) is 3. The highest BCUT2D eigenvalue weighted by Crippen LogP contribution is 2.16. The summed E-state index contributed by atoms with van der Waals surface area (Å²) in [6.07, 6.45) is 2.24. The lowest BCUT2D eigenvalue weighted by molar-refractivity contribution is -0.148. The van der Waals surface area contributed by atoms with E-state index in [1.807, 2.05) is 6.92 Å². The molecular formula is C11H18O3. The maximum atomic E-state index is 11.2.